The molecule has 1 rings (SSSR count). The summed E-state index contributed by atoms with van der Waals surface area (Å²) < 4.78 is 0. The Kier molecular flexibility index (Phi) is 6.53. The standard InChI is InChI=1S/C12H21N5S/c1-3-17(4-2)9-5-7-14-12-15-8-6-10(16-12)11(13)18/h6,8H,3-5,7,9H2,1-2H3,(H2,13,18)(H,14,15,16). The van der Waals surface area contributed by atoms with Crippen LogP contribution in [0.3, 0.4) is 0 Å². The first-order valence-electron chi connectivity index (χ1n) is 6.26. The maximum absolute atomic E-state index is 5.52. The molecule has 0 saturated heterocycles. The predicted octanol–water partition coefficient (Wildman–Crippen LogP) is 1.25. The first-order valence-corrected chi connectivity index (χ1v) is 6.67. The Morgan fingerprint density at radius 3 is 2.78 bits per heavy atom. The van der Waals surface area contributed by atoms with Gasteiger partial charge in [0.2, 0.25) is 5.95 Å². The third kappa shape index (κ3) is 4.93. The first-order chi connectivity index (χ1) is 8.67. The SMILES string of the molecule is CCN(CC)CCCNc1nccc(C(N)=S)n1. The van der Waals surface area contributed by atoms with E-state index < -0.39 is 0 Å². The predicted molar refractivity (Wildman–Crippen MR) is 78.8 cm³/mol. The van der Waals surface area contributed by atoms with Gasteiger partial charge in [0.1, 0.15) is 10.7 Å². The molecule has 0 aliphatic rings. The van der Waals surface area contributed by atoms with Gasteiger partial charge in [-0.3, -0.25) is 0 Å². The summed E-state index contributed by atoms with van der Waals surface area (Å²) in [7, 11) is 0. The second kappa shape index (κ2) is 7.94. The Labute approximate surface area is 114 Å². The van der Waals surface area contributed by atoms with E-state index >= 15 is 0 Å². The molecule has 0 fully saturated rings. The Morgan fingerprint density at radius 1 is 1.44 bits per heavy atom. The largest absolute Gasteiger partial charge is 0.388 e. The second-order valence-electron chi connectivity index (χ2n) is 3.94. The molecule has 0 aliphatic heterocycles. The Hall–Kier alpha value is -1.27. The van der Waals surface area contributed by atoms with E-state index in [2.05, 4.69) is 34.0 Å². The molecule has 0 aliphatic carbocycles. The fraction of sp³-hybridized carbons (Fsp3) is 0.583. The highest BCUT2D eigenvalue weighted by molar-refractivity contribution is 7.80. The molecule has 0 unspecified atom stereocenters. The third-order valence-electron chi connectivity index (χ3n) is 2.74. The molecular formula is C12H21N5S. The van der Waals surface area contributed by atoms with E-state index in [1.807, 2.05) is 0 Å². The van der Waals surface area contributed by atoms with Crippen LogP contribution in [-0.4, -0.2) is 46.0 Å². The number of hydrogen-bond donors (Lipinski definition) is 2. The maximum Gasteiger partial charge on any atom is 0.223 e. The van der Waals surface area contributed by atoms with Crippen molar-refractivity contribution in [1.29, 1.82) is 0 Å². The summed E-state index contributed by atoms with van der Waals surface area (Å²) in [5.41, 5.74) is 6.12. The lowest BCUT2D eigenvalue weighted by Crippen LogP contribution is -2.25. The number of nitrogens with two attached hydrogens (primary N) is 1. The van der Waals surface area contributed by atoms with Crippen molar-refractivity contribution in [3.63, 3.8) is 0 Å². The fourth-order valence-corrected chi connectivity index (χ4v) is 1.74. The molecule has 0 atom stereocenters. The molecule has 0 bridgehead atoms. The van der Waals surface area contributed by atoms with E-state index in [0.717, 1.165) is 32.6 Å². The van der Waals surface area contributed by atoms with Crippen molar-refractivity contribution in [3.05, 3.63) is 18.0 Å². The average Bonchev–Trinajstić information content (AvgIpc) is 2.39. The molecule has 0 spiro atoms. The van der Waals surface area contributed by atoms with Crippen molar-refractivity contribution in [1.82, 2.24) is 14.9 Å². The van der Waals surface area contributed by atoms with Gasteiger partial charge in [-0.25, -0.2) is 9.97 Å². The molecule has 0 aromatic carbocycles. The number of thiocarbonyl (C=S) groups is 1. The molecule has 1 aromatic rings. The van der Waals surface area contributed by atoms with Crippen molar-refractivity contribution in [3.8, 4) is 0 Å². The van der Waals surface area contributed by atoms with Crippen LogP contribution in [0.25, 0.3) is 0 Å². The molecule has 0 saturated carbocycles. The first kappa shape index (κ1) is 14.8. The van der Waals surface area contributed by atoms with E-state index in [-0.39, 0.29) is 0 Å². The Balaban J connectivity index is 2.35. The zero-order valence-electron chi connectivity index (χ0n) is 11.0. The Bertz CT molecular complexity index is 378. The molecule has 0 amide bonds. The van der Waals surface area contributed by atoms with Crippen LogP contribution in [0.15, 0.2) is 12.3 Å². The van der Waals surface area contributed by atoms with E-state index in [1.165, 1.54) is 0 Å². The molecule has 6 heteroatoms. The normalized spacial score (nSPS) is 10.6. The smallest absolute Gasteiger partial charge is 0.223 e. The number of aromatic nitrogens is 2. The van der Waals surface area contributed by atoms with Crippen LogP contribution >= 0.6 is 12.2 Å². The average molecular weight is 267 g/mol. The van der Waals surface area contributed by atoms with Gasteiger partial charge in [-0.1, -0.05) is 26.1 Å². The minimum absolute atomic E-state index is 0.295. The van der Waals surface area contributed by atoms with Crippen molar-refractivity contribution in [2.75, 3.05) is 31.5 Å². The highest BCUT2D eigenvalue weighted by Crippen LogP contribution is 2.00. The van der Waals surface area contributed by atoms with E-state index in [4.69, 9.17) is 18.0 Å². The molecule has 0 radical (unpaired) electrons. The molecule has 1 aromatic heterocycles. The Morgan fingerprint density at radius 2 is 2.17 bits per heavy atom. The summed E-state index contributed by atoms with van der Waals surface area (Å²) in [5, 5.41) is 3.18. The van der Waals surface area contributed by atoms with Gasteiger partial charge in [-0.2, -0.15) is 0 Å². The second-order valence-corrected chi connectivity index (χ2v) is 4.38. The van der Waals surface area contributed by atoms with E-state index in [0.29, 0.717) is 16.6 Å². The van der Waals surface area contributed by atoms with Crippen LogP contribution in [0.5, 0.6) is 0 Å². The maximum atomic E-state index is 5.52. The topological polar surface area (TPSA) is 67.1 Å². The quantitative estimate of drug-likeness (QED) is 0.546. The highest BCUT2D eigenvalue weighted by atomic mass is 32.1. The van der Waals surface area contributed by atoms with Crippen LogP contribution in [0.2, 0.25) is 0 Å². The van der Waals surface area contributed by atoms with Crippen molar-refractivity contribution in [2.45, 2.75) is 20.3 Å². The van der Waals surface area contributed by atoms with Gasteiger partial charge in [-0.05, 0) is 32.1 Å². The molecule has 3 N–H and O–H groups in total. The molecule has 18 heavy (non-hydrogen) atoms. The number of hydrogen-bond acceptors (Lipinski definition) is 5. The minimum atomic E-state index is 0.295. The van der Waals surface area contributed by atoms with Crippen LogP contribution < -0.4 is 11.1 Å². The number of rotatable bonds is 8. The van der Waals surface area contributed by atoms with Gasteiger partial charge >= 0.3 is 0 Å². The summed E-state index contributed by atoms with van der Waals surface area (Å²) in [6.07, 6.45) is 2.72. The van der Waals surface area contributed by atoms with Crippen LogP contribution in [0.1, 0.15) is 26.0 Å². The minimum Gasteiger partial charge on any atom is -0.388 e. The summed E-state index contributed by atoms with van der Waals surface area (Å²) in [5.74, 6) is 0.583. The fourth-order valence-electron chi connectivity index (χ4n) is 1.62. The van der Waals surface area contributed by atoms with Crippen LogP contribution in [0, 0.1) is 0 Å². The van der Waals surface area contributed by atoms with Crippen LogP contribution in [0.4, 0.5) is 5.95 Å². The number of anilines is 1. The van der Waals surface area contributed by atoms with Gasteiger partial charge < -0.3 is 16.0 Å². The van der Waals surface area contributed by atoms with Gasteiger partial charge in [0.25, 0.3) is 0 Å². The van der Waals surface area contributed by atoms with Gasteiger partial charge in [0, 0.05) is 12.7 Å². The van der Waals surface area contributed by atoms with Crippen molar-refractivity contribution < 1.29 is 0 Å². The number of nitrogens with one attached hydrogen (secondary N) is 1. The van der Waals surface area contributed by atoms with Crippen molar-refractivity contribution >= 4 is 23.2 Å². The monoisotopic (exact) mass is 267 g/mol. The van der Waals surface area contributed by atoms with Gasteiger partial charge in [0.05, 0.1) is 0 Å². The zero-order chi connectivity index (χ0) is 13.4. The van der Waals surface area contributed by atoms with E-state index in [1.54, 1.807) is 12.3 Å². The number of nitrogens with zero attached hydrogens (tertiary/aromatic N) is 3. The summed E-state index contributed by atoms with van der Waals surface area (Å²) in [6, 6.07) is 1.71. The molecule has 5 nitrogen and oxygen atoms in total. The van der Waals surface area contributed by atoms with Gasteiger partial charge in [0.15, 0.2) is 0 Å². The van der Waals surface area contributed by atoms with Crippen molar-refractivity contribution in [2.24, 2.45) is 5.73 Å². The summed E-state index contributed by atoms with van der Waals surface area (Å²) in [6.45, 7) is 8.44. The third-order valence-corrected chi connectivity index (χ3v) is 2.95. The lowest BCUT2D eigenvalue weighted by Gasteiger charge is -2.17. The van der Waals surface area contributed by atoms with E-state index in [9.17, 15) is 0 Å². The molecule has 1 heterocycles. The lowest BCUT2D eigenvalue weighted by atomic mass is 10.3. The molecular weight excluding hydrogens is 246 g/mol. The van der Waals surface area contributed by atoms with Crippen LogP contribution in [-0.2, 0) is 0 Å². The van der Waals surface area contributed by atoms with Gasteiger partial charge in [-0.15, -0.1) is 0 Å². The summed E-state index contributed by atoms with van der Waals surface area (Å²) >= 11 is 4.88. The lowest BCUT2D eigenvalue weighted by molar-refractivity contribution is 0.303. The summed E-state index contributed by atoms with van der Waals surface area (Å²) in [4.78, 5) is 11.0. The zero-order valence-corrected chi connectivity index (χ0v) is 11.8. The molecule has 100 valence electrons. The highest BCUT2D eigenvalue weighted by Gasteiger charge is 2.02.